The highest BCUT2D eigenvalue weighted by molar-refractivity contribution is 7.90. The smallest absolute Gasteiger partial charge is 0.234 e. The Morgan fingerprint density at radius 2 is 1.84 bits per heavy atom. The average molecular weight is 292 g/mol. The predicted octanol–water partition coefficient (Wildman–Crippen LogP) is 1.63. The van der Waals surface area contributed by atoms with E-state index in [1.165, 1.54) is 0 Å². The molecule has 1 unspecified atom stereocenters. The van der Waals surface area contributed by atoms with E-state index in [1.807, 2.05) is 0 Å². The first-order valence-corrected chi connectivity index (χ1v) is 8.51. The standard InChI is InChI=1S/C13H28N2O3S/c1-5-10-19(17,18)15-12(16)7-6-11(8-9-14)13(2,3)4/h11H,5-10,14H2,1-4H3,(H,15,16). The first-order valence-electron chi connectivity index (χ1n) is 6.85. The van der Waals surface area contributed by atoms with Gasteiger partial charge in [-0.1, -0.05) is 27.7 Å². The quantitative estimate of drug-likeness (QED) is 0.711. The molecule has 0 radical (unpaired) electrons. The number of nitrogens with one attached hydrogen (secondary N) is 1. The lowest BCUT2D eigenvalue weighted by atomic mass is 9.76. The Kier molecular flexibility index (Phi) is 7.59. The summed E-state index contributed by atoms with van der Waals surface area (Å²) in [4.78, 5) is 11.6. The summed E-state index contributed by atoms with van der Waals surface area (Å²) < 4.78 is 25.0. The molecule has 0 fully saturated rings. The number of hydrogen-bond acceptors (Lipinski definition) is 4. The van der Waals surface area contributed by atoms with E-state index >= 15 is 0 Å². The van der Waals surface area contributed by atoms with Gasteiger partial charge in [0.1, 0.15) is 0 Å². The molecular weight excluding hydrogens is 264 g/mol. The van der Waals surface area contributed by atoms with Crippen molar-refractivity contribution in [2.75, 3.05) is 12.3 Å². The average Bonchev–Trinajstić information content (AvgIpc) is 2.21. The van der Waals surface area contributed by atoms with Crippen LogP contribution in [-0.4, -0.2) is 26.6 Å². The molecule has 1 atom stereocenters. The highest BCUT2D eigenvalue weighted by Gasteiger charge is 2.25. The number of amides is 1. The molecule has 0 saturated heterocycles. The Morgan fingerprint density at radius 3 is 2.26 bits per heavy atom. The van der Waals surface area contributed by atoms with Gasteiger partial charge >= 0.3 is 0 Å². The van der Waals surface area contributed by atoms with Crippen molar-refractivity contribution in [3.63, 3.8) is 0 Å². The zero-order valence-corrected chi connectivity index (χ0v) is 13.3. The summed E-state index contributed by atoms with van der Waals surface area (Å²) in [5.41, 5.74) is 5.65. The van der Waals surface area contributed by atoms with Gasteiger partial charge in [0.25, 0.3) is 0 Å². The van der Waals surface area contributed by atoms with Crippen LogP contribution in [0.3, 0.4) is 0 Å². The monoisotopic (exact) mass is 292 g/mol. The van der Waals surface area contributed by atoms with Crippen molar-refractivity contribution in [3.8, 4) is 0 Å². The van der Waals surface area contributed by atoms with Crippen LogP contribution in [0.1, 0.15) is 53.4 Å². The molecule has 114 valence electrons. The molecule has 0 aromatic rings. The van der Waals surface area contributed by atoms with E-state index in [4.69, 9.17) is 5.73 Å². The summed E-state index contributed by atoms with van der Waals surface area (Å²) in [7, 11) is -3.45. The molecule has 0 aliphatic heterocycles. The van der Waals surface area contributed by atoms with E-state index < -0.39 is 15.9 Å². The maximum atomic E-state index is 11.6. The van der Waals surface area contributed by atoms with Crippen molar-refractivity contribution < 1.29 is 13.2 Å². The Morgan fingerprint density at radius 1 is 1.26 bits per heavy atom. The first kappa shape index (κ1) is 18.4. The maximum Gasteiger partial charge on any atom is 0.234 e. The van der Waals surface area contributed by atoms with Crippen LogP contribution in [0.5, 0.6) is 0 Å². The van der Waals surface area contributed by atoms with E-state index in [2.05, 4.69) is 25.5 Å². The number of rotatable bonds is 8. The van der Waals surface area contributed by atoms with Gasteiger partial charge in [-0.3, -0.25) is 9.52 Å². The second kappa shape index (κ2) is 7.85. The molecule has 0 aliphatic carbocycles. The van der Waals surface area contributed by atoms with E-state index in [0.29, 0.717) is 25.3 Å². The molecule has 1 amide bonds. The minimum atomic E-state index is -3.45. The van der Waals surface area contributed by atoms with Gasteiger partial charge < -0.3 is 5.73 Å². The van der Waals surface area contributed by atoms with Crippen molar-refractivity contribution in [2.45, 2.75) is 53.4 Å². The number of carbonyl (C=O) groups is 1. The summed E-state index contributed by atoms with van der Waals surface area (Å²) in [5.74, 6) is -0.110. The van der Waals surface area contributed by atoms with Gasteiger partial charge in [0, 0.05) is 6.42 Å². The van der Waals surface area contributed by atoms with Crippen LogP contribution >= 0.6 is 0 Å². The fraction of sp³-hybridized carbons (Fsp3) is 0.923. The zero-order chi connectivity index (χ0) is 15.1. The molecular formula is C13H28N2O3S. The molecule has 0 aliphatic rings. The Balaban J connectivity index is 4.34. The Hall–Kier alpha value is -0.620. The SMILES string of the molecule is CCCS(=O)(=O)NC(=O)CCC(CCN)C(C)(C)C. The van der Waals surface area contributed by atoms with Crippen molar-refractivity contribution >= 4 is 15.9 Å². The first-order chi connectivity index (χ1) is 8.62. The van der Waals surface area contributed by atoms with Crippen LogP contribution in [0.2, 0.25) is 0 Å². The van der Waals surface area contributed by atoms with Crippen molar-refractivity contribution in [1.29, 1.82) is 0 Å². The van der Waals surface area contributed by atoms with Gasteiger partial charge in [0.2, 0.25) is 15.9 Å². The molecule has 19 heavy (non-hydrogen) atoms. The summed E-state index contributed by atoms with van der Waals surface area (Å²) in [5, 5.41) is 0. The van der Waals surface area contributed by atoms with Gasteiger partial charge in [-0.05, 0) is 37.1 Å². The largest absolute Gasteiger partial charge is 0.330 e. The third-order valence-corrected chi connectivity index (χ3v) is 4.69. The number of sulfonamides is 1. The maximum absolute atomic E-state index is 11.6. The molecule has 0 aromatic carbocycles. The van der Waals surface area contributed by atoms with Crippen molar-refractivity contribution in [3.05, 3.63) is 0 Å². The molecule has 0 rings (SSSR count). The zero-order valence-electron chi connectivity index (χ0n) is 12.5. The molecule has 0 saturated carbocycles. The van der Waals surface area contributed by atoms with Crippen LogP contribution in [0.25, 0.3) is 0 Å². The number of nitrogens with two attached hydrogens (primary N) is 1. The molecule has 5 nitrogen and oxygen atoms in total. The van der Waals surface area contributed by atoms with Gasteiger partial charge in [0.15, 0.2) is 0 Å². The van der Waals surface area contributed by atoms with Crippen LogP contribution in [-0.2, 0) is 14.8 Å². The molecule has 6 heteroatoms. The van der Waals surface area contributed by atoms with Gasteiger partial charge in [0.05, 0.1) is 5.75 Å². The normalized spacial score (nSPS) is 14.2. The molecule has 3 N–H and O–H groups in total. The van der Waals surface area contributed by atoms with Gasteiger partial charge in [-0.25, -0.2) is 8.42 Å². The highest BCUT2D eigenvalue weighted by atomic mass is 32.2. The fourth-order valence-corrected chi connectivity index (χ4v) is 3.15. The fourth-order valence-electron chi connectivity index (χ4n) is 2.06. The topological polar surface area (TPSA) is 89.3 Å². The van der Waals surface area contributed by atoms with Crippen molar-refractivity contribution in [2.24, 2.45) is 17.1 Å². The molecule has 0 heterocycles. The van der Waals surface area contributed by atoms with Crippen LogP contribution < -0.4 is 10.5 Å². The lowest BCUT2D eigenvalue weighted by Gasteiger charge is -2.30. The van der Waals surface area contributed by atoms with E-state index in [-0.39, 0.29) is 17.6 Å². The van der Waals surface area contributed by atoms with E-state index in [0.717, 1.165) is 6.42 Å². The summed E-state index contributed by atoms with van der Waals surface area (Å²) >= 11 is 0. The van der Waals surface area contributed by atoms with Crippen LogP contribution in [0.4, 0.5) is 0 Å². The van der Waals surface area contributed by atoms with Gasteiger partial charge in [-0.2, -0.15) is 0 Å². The number of carbonyl (C=O) groups excluding carboxylic acids is 1. The molecule has 0 bridgehead atoms. The highest BCUT2D eigenvalue weighted by Crippen LogP contribution is 2.31. The predicted molar refractivity (Wildman–Crippen MR) is 78.1 cm³/mol. The van der Waals surface area contributed by atoms with E-state index in [1.54, 1.807) is 6.92 Å². The Bertz CT molecular complexity index is 372. The van der Waals surface area contributed by atoms with Gasteiger partial charge in [-0.15, -0.1) is 0 Å². The molecule has 0 aromatic heterocycles. The van der Waals surface area contributed by atoms with Crippen LogP contribution in [0.15, 0.2) is 0 Å². The summed E-state index contributed by atoms with van der Waals surface area (Å²) in [6, 6.07) is 0. The van der Waals surface area contributed by atoms with E-state index in [9.17, 15) is 13.2 Å². The minimum absolute atomic E-state index is 0.00968. The number of hydrogen-bond donors (Lipinski definition) is 2. The summed E-state index contributed by atoms with van der Waals surface area (Å²) in [6.45, 7) is 8.68. The second-order valence-electron chi connectivity index (χ2n) is 6.02. The second-order valence-corrected chi connectivity index (χ2v) is 7.86. The third kappa shape index (κ3) is 8.21. The van der Waals surface area contributed by atoms with Crippen LogP contribution in [0, 0.1) is 11.3 Å². The lowest BCUT2D eigenvalue weighted by Crippen LogP contribution is -2.33. The minimum Gasteiger partial charge on any atom is -0.330 e. The molecule has 0 spiro atoms. The lowest BCUT2D eigenvalue weighted by molar-refractivity contribution is -0.119. The third-order valence-electron chi connectivity index (χ3n) is 3.20. The summed E-state index contributed by atoms with van der Waals surface area (Å²) in [6.07, 6.45) is 2.23. The Labute approximate surface area is 117 Å². The van der Waals surface area contributed by atoms with Crippen molar-refractivity contribution in [1.82, 2.24) is 4.72 Å².